The van der Waals surface area contributed by atoms with Crippen LogP contribution in [-0.2, 0) is 14.2 Å². The van der Waals surface area contributed by atoms with Crippen molar-refractivity contribution < 1.29 is 44.1 Å². The molecule has 35 heavy (non-hydrogen) atoms. The quantitative estimate of drug-likeness (QED) is 0.414. The zero-order chi connectivity index (χ0) is 24.9. The Morgan fingerprint density at radius 3 is 2.46 bits per heavy atom. The largest absolute Gasteiger partial charge is 0.493 e. The summed E-state index contributed by atoms with van der Waals surface area (Å²) in [4.78, 5) is 0. The van der Waals surface area contributed by atoms with Crippen molar-refractivity contribution in [2.75, 3.05) is 34.0 Å². The number of aliphatic hydroxyl groups is 4. The van der Waals surface area contributed by atoms with Crippen molar-refractivity contribution in [2.24, 2.45) is 0 Å². The third-order valence-corrected chi connectivity index (χ3v) is 6.33. The van der Waals surface area contributed by atoms with E-state index in [4.69, 9.17) is 23.7 Å². The van der Waals surface area contributed by atoms with Crippen molar-refractivity contribution in [3.8, 4) is 11.5 Å². The number of rotatable bonds is 9. The van der Waals surface area contributed by atoms with Crippen LogP contribution in [0.15, 0.2) is 48.5 Å². The molecule has 0 aliphatic carbocycles. The second-order valence-electron chi connectivity index (χ2n) is 8.59. The van der Waals surface area contributed by atoms with E-state index in [1.54, 1.807) is 14.2 Å². The first-order valence-electron chi connectivity index (χ1n) is 11.5. The summed E-state index contributed by atoms with van der Waals surface area (Å²) in [6, 6.07) is 13.6. The summed E-state index contributed by atoms with van der Waals surface area (Å²) >= 11 is 0. The smallest absolute Gasteiger partial charge is 0.186 e. The average Bonchev–Trinajstić information content (AvgIpc) is 3.25. The molecule has 0 radical (unpaired) electrons. The number of ether oxygens (including phenoxy) is 5. The lowest BCUT2D eigenvalue weighted by atomic mass is 9.90. The van der Waals surface area contributed by atoms with Crippen molar-refractivity contribution >= 4 is 6.08 Å². The minimum absolute atomic E-state index is 0.0731. The fraction of sp³-hybridized carbons (Fsp3) is 0.462. The molecule has 0 aromatic heterocycles. The van der Waals surface area contributed by atoms with E-state index >= 15 is 0 Å². The molecular formula is C26H32O9. The first-order chi connectivity index (χ1) is 17.0. The fourth-order valence-corrected chi connectivity index (χ4v) is 4.47. The van der Waals surface area contributed by atoms with Crippen LogP contribution in [0.4, 0.5) is 0 Å². The second-order valence-corrected chi connectivity index (χ2v) is 8.59. The van der Waals surface area contributed by atoms with Crippen molar-refractivity contribution in [1.29, 1.82) is 0 Å². The van der Waals surface area contributed by atoms with E-state index in [1.807, 2.05) is 54.6 Å². The van der Waals surface area contributed by atoms with E-state index in [0.717, 1.165) is 16.7 Å². The Balaban J connectivity index is 1.64. The van der Waals surface area contributed by atoms with E-state index in [9.17, 15) is 20.4 Å². The van der Waals surface area contributed by atoms with E-state index in [2.05, 4.69) is 0 Å². The summed E-state index contributed by atoms with van der Waals surface area (Å²) in [5.74, 6) is 0.882. The van der Waals surface area contributed by atoms with Crippen LogP contribution in [0.5, 0.6) is 11.5 Å². The monoisotopic (exact) mass is 488 g/mol. The van der Waals surface area contributed by atoms with Crippen molar-refractivity contribution in [3.05, 3.63) is 65.2 Å². The Kier molecular flexibility index (Phi) is 8.40. The molecule has 2 aromatic rings. The lowest BCUT2D eigenvalue weighted by Crippen LogP contribution is -2.59. The lowest BCUT2D eigenvalue weighted by Gasteiger charge is -2.40. The Labute approximate surface area is 204 Å². The standard InChI is InChI=1S/C26H32O9/c1-31-10-6-7-15-11-17-18(14-33-26-23(30)22(29)21(28)20(13-27)34-26)24(16-8-4-3-5-9-16)35-25(17)19(12-15)32-2/h3-9,11-12,18,20-24,26-30H,10,13-14H2,1-2H3/b7-6+/t18-,20+,21+,22-,23+,24+,26+/m0/s1. The molecule has 4 rings (SSSR count). The van der Waals surface area contributed by atoms with Gasteiger partial charge in [0.25, 0.3) is 0 Å². The maximum Gasteiger partial charge on any atom is 0.186 e. The molecular weight excluding hydrogens is 456 g/mol. The van der Waals surface area contributed by atoms with Gasteiger partial charge in [0.2, 0.25) is 0 Å². The van der Waals surface area contributed by atoms with Crippen LogP contribution in [0.25, 0.3) is 6.08 Å². The highest BCUT2D eigenvalue weighted by Gasteiger charge is 2.45. The van der Waals surface area contributed by atoms with Gasteiger partial charge in [0, 0.05) is 12.7 Å². The zero-order valence-corrected chi connectivity index (χ0v) is 19.7. The Morgan fingerprint density at radius 1 is 1.00 bits per heavy atom. The highest BCUT2D eigenvalue weighted by molar-refractivity contribution is 5.62. The van der Waals surface area contributed by atoms with Crippen LogP contribution in [0.1, 0.15) is 28.7 Å². The summed E-state index contributed by atoms with van der Waals surface area (Å²) in [6.45, 7) is 0.0109. The molecule has 2 aliphatic rings. The molecule has 0 unspecified atom stereocenters. The summed E-state index contributed by atoms with van der Waals surface area (Å²) in [5, 5.41) is 40.1. The first kappa shape index (κ1) is 25.6. The summed E-state index contributed by atoms with van der Waals surface area (Å²) in [7, 11) is 3.20. The molecule has 2 aliphatic heterocycles. The topological polar surface area (TPSA) is 127 Å². The van der Waals surface area contributed by atoms with Crippen LogP contribution >= 0.6 is 0 Å². The van der Waals surface area contributed by atoms with Crippen molar-refractivity contribution in [2.45, 2.75) is 42.7 Å². The molecule has 9 heteroatoms. The van der Waals surface area contributed by atoms with E-state index in [1.165, 1.54) is 0 Å². The molecule has 4 N–H and O–H groups in total. The van der Waals surface area contributed by atoms with Gasteiger partial charge in [-0.15, -0.1) is 0 Å². The summed E-state index contributed by atoms with van der Waals surface area (Å²) in [5.41, 5.74) is 2.69. The molecule has 0 spiro atoms. The molecule has 0 bridgehead atoms. The lowest BCUT2D eigenvalue weighted by molar-refractivity contribution is -0.302. The molecule has 9 nitrogen and oxygen atoms in total. The van der Waals surface area contributed by atoms with Gasteiger partial charge in [0.1, 0.15) is 30.5 Å². The van der Waals surface area contributed by atoms with E-state index in [-0.39, 0.29) is 12.5 Å². The predicted molar refractivity (Wildman–Crippen MR) is 126 cm³/mol. The summed E-state index contributed by atoms with van der Waals surface area (Å²) in [6.07, 6.45) is -3.31. The van der Waals surface area contributed by atoms with Gasteiger partial charge in [0.05, 0.1) is 32.8 Å². The molecule has 190 valence electrons. The molecule has 2 aromatic carbocycles. The molecule has 1 saturated heterocycles. The highest BCUT2D eigenvalue weighted by Crippen LogP contribution is 2.51. The zero-order valence-electron chi connectivity index (χ0n) is 19.7. The third kappa shape index (κ3) is 5.36. The van der Waals surface area contributed by atoms with Crippen LogP contribution in [0.3, 0.4) is 0 Å². The number of benzene rings is 2. The number of hydrogen-bond donors (Lipinski definition) is 4. The molecule has 0 saturated carbocycles. The molecule has 0 amide bonds. The minimum atomic E-state index is -1.51. The van der Waals surface area contributed by atoms with Crippen LogP contribution < -0.4 is 9.47 Å². The van der Waals surface area contributed by atoms with Crippen LogP contribution in [0, 0.1) is 0 Å². The number of hydrogen-bond acceptors (Lipinski definition) is 9. The molecule has 2 heterocycles. The van der Waals surface area contributed by atoms with Gasteiger partial charge in [-0.2, -0.15) is 0 Å². The Morgan fingerprint density at radius 2 is 1.77 bits per heavy atom. The summed E-state index contributed by atoms with van der Waals surface area (Å²) < 4.78 is 28.6. The maximum absolute atomic E-state index is 10.4. The molecule has 1 fully saturated rings. The van der Waals surface area contributed by atoms with Gasteiger partial charge in [0.15, 0.2) is 17.8 Å². The highest BCUT2D eigenvalue weighted by atomic mass is 16.7. The SMILES string of the molecule is COC/C=C/c1cc(OC)c2c(c1)[C@H](CO[C@@H]1O[C@H](CO)[C@@H](O)[C@H](O)[C@H]1O)[C@@H](c1ccccc1)O2. The third-order valence-electron chi connectivity index (χ3n) is 6.33. The number of aliphatic hydroxyl groups excluding tert-OH is 4. The normalized spacial score (nSPS) is 30.3. The van der Waals surface area contributed by atoms with Crippen molar-refractivity contribution in [1.82, 2.24) is 0 Å². The van der Waals surface area contributed by atoms with Gasteiger partial charge < -0.3 is 44.1 Å². The van der Waals surface area contributed by atoms with Gasteiger partial charge in [-0.1, -0.05) is 42.5 Å². The molecule has 7 atom stereocenters. The van der Waals surface area contributed by atoms with Crippen LogP contribution in [-0.4, -0.2) is 85.2 Å². The Hall–Kier alpha value is -2.50. The van der Waals surface area contributed by atoms with E-state index < -0.39 is 43.4 Å². The van der Waals surface area contributed by atoms with Gasteiger partial charge >= 0.3 is 0 Å². The average molecular weight is 489 g/mol. The van der Waals surface area contributed by atoms with Gasteiger partial charge in [-0.05, 0) is 23.3 Å². The predicted octanol–water partition coefficient (Wildman–Crippen LogP) is 1.39. The Bertz CT molecular complexity index is 994. The second kappa shape index (κ2) is 11.5. The van der Waals surface area contributed by atoms with Gasteiger partial charge in [-0.25, -0.2) is 0 Å². The van der Waals surface area contributed by atoms with E-state index in [0.29, 0.717) is 18.1 Å². The minimum Gasteiger partial charge on any atom is -0.493 e. The van der Waals surface area contributed by atoms with Crippen LogP contribution in [0.2, 0.25) is 0 Å². The number of fused-ring (bicyclic) bond motifs is 1. The maximum atomic E-state index is 10.4. The fourth-order valence-electron chi connectivity index (χ4n) is 4.47. The van der Waals surface area contributed by atoms with Crippen molar-refractivity contribution in [3.63, 3.8) is 0 Å². The van der Waals surface area contributed by atoms with Gasteiger partial charge in [-0.3, -0.25) is 0 Å². The first-order valence-corrected chi connectivity index (χ1v) is 11.5. The number of methoxy groups -OCH3 is 2.